The molecule has 0 bridgehead atoms. The van der Waals surface area contributed by atoms with Crippen LogP contribution in [-0.2, 0) is 34.5 Å². The van der Waals surface area contributed by atoms with Crippen molar-refractivity contribution >= 4 is 57.2 Å². The SMILES string of the molecule is CC(C)c1cc2c3c(c1)N(c1ccc(C(C)(C)C)cc1-c1ccc(C(C)(C)C)cc1)c1cc4c(cc1B3c1cc(C(C)(C)C)ccc1N2c1ccc(C(C)(C)C)cc1)CC(C)(C)C4. The van der Waals surface area contributed by atoms with Crippen LogP contribution < -0.4 is 26.2 Å². The van der Waals surface area contributed by atoms with Crippen molar-refractivity contribution in [3.63, 3.8) is 0 Å². The molecule has 0 saturated heterocycles. The summed E-state index contributed by atoms with van der Waals surface area (Å²) < 4.78 is 0. The van der Waals surface area contributed by atoms with Gasteiger partial charge >= 0.3 is 0 Å². The van der Waals surface area contributed by atoms with Gasteiger partial charge in [-0.2, -0.15) is 0 Å². The molecule has 0 saturated carbocycles. The molecule has 1 aliphatic carbocycles. The van der Waals surface area contributed by atoms with E-state index in [1.54, 1.807) is 0 Å². The molecule has 0 aromatic heterocycles. The number of anilines is 6. The largest absolute Gasteiger partial charge is 0.311 e. The highest BCUT2D eigenvalue weighted by Gasteiger charge is 2.46. The van der Waals surface area contributed by atoms with Gasteiger partial charge in [-0.3, -0.25) is 0 Å². The zero-order chi connectivity index (χ0) is 45.3. The molecule has 0 N–H and O–H groups in total. The van der Waals surface area contributed by atoms with E-state index in [1.807, 2.05) is 0 Å². The van der Waals surface area contributed by atoms with E-state index in [1.165, 1.54) is 101 Å². The van der Waals surface area contributed by atoms with Crippen LogP contribution in [0.1, 0.15) is 156 Å². The molecule has 63 heavy (non-hydrogen) atoms. The quantitative estimate of drug-likeness (QED) is 0.163. The molecule has 6 aromatic rings. The lowest BCUT2D eigenvalue weighted by Crippen LogP contribution is -2.61. The van der Waals surface area contributed by atoms with Crippen LogP contribution >= 0.6 is 0 Å². The summed E-state index contributed by atoms with van der Waals surface area (Å²) in [4.78, 5) is 5.30. The second-order valence-corrected chi connectivity index (χ2v) is 24.6. The lowest BCUT2D eigenvalue weighted by molar-refractivity contribution is 0.392. The van der Waals surface area contributed by atoms with E-state index in [2.05, 4.69) is 230 Å². The Morgan fingerprint density at radius 3 is 1.46 bits per heavy atom. The summed E-state index contributed by atoms with van der Waals surface area (Å²) in [5.41, 5.74) is 24.5. The van der Waals surface area contributed by atoms with Crippen molar-refractivity contribution in [1.29, 1.82) is 0 Å². The lowest BCUT2D eigenvalue weighted by atomic mass is 9.33. The molecular formula is C60H71BN2. The molecule has 0 spiro atoms. The second kappa shape index (κ2) is 14.5. The standard InChI is InChI=1S/C60H71BN2/c1-37(2)39-30-53-55-54(31-39)63(50-27-23-44(58(9,10)11)33-47(50)38-17-19-42(20-18-38)56(3,4)5)52-32-41-36-60(15,16)35-40(41)29-48(52)61(55)49-34-45(59(12,13)14)24-28-51(49)62(53)46-25-21-43(22-26-46)57(6,7)8/h17-34,37H,35-36H2,1-16H3. The van der Waals surface area contributed by atoms with Crippen molar-refractivity contribution < 1.29 is 0 Å². The van der Waals surface area contributed by atoms with Crippen LogP contribution in [0.5, 0.6) is 0 Å². The molecule has 2 heterocycles. The summed E-state index contributed by atoms with van der Waals surface area (Å²) in [5.74, 6) is 0.330. The van der Waals surface area contributed by atoms with E-state index < -0.39 is 0 Å². The third-order valence-electron chi connectivity index (χ3n) is 14.4. The third-order valence-corrected chi connectivity index (χ3v) is 14.4. The predicted octanol–water partition coefficient (Wildman–Crippen LogP) is 14.9. The van der Waals surface area contributed by atoms with Crippen molar-refractivity contribution in [2.75, 3.05) is 9.80 Å². The Bertz CT molecular complexity index is 2760. The molecule has 3 heteroatoms. The Morgan fingerprint density at radius 1 is 0.460 bits per heavy atom. The molecule has 0 amide bonds. The van der Waals surface area contributed by atoms with E-state index >= 15 is 0 Å². The van der Waals surface area contributed by atoms with Gasteiger partial charge in [-0.1, -0.05) is 171 Å². The summed E-state index contributed by atoms with van der Waals surface area (Å²) in [7, 11) is 0. The first-order valence-corrected chi connectivity index (χ1v) is 23.7. The zero-order valence-electron chi connectivity index (χ0n) is 41.4. The number of hydrogen-bond donors (Lipinski definition) is 0. The third kappa shape index (κ3) is 7.56. The summed E-state index contributed by atoms with van der Waals surface area (Å²) >= 11 is 0. The van der Waals surface area contributed by atoms with E-state index in [4.69, 9.17) is 0 Å². The Balaban J connectivity index is 1.40. The van der Waals surface area contributed by atoms with Crippen LogP contribution in [0.15, 0.2) is 109 Å². The highest BCUT2D eigenvalue weighted by atomic mass is 15.2. The van der Waals surface area contributed by atoms with Crippen molar-refractivity contribution in [1.82, 2.24) is 0 Å². The number of rotatable bonds is 4. The Labute approximate surface area is 381 Å². The average molecular weight is 831 g/mol. The van der Waals surface area contributed by atoms with Gasteiger partial charge in [0.2, 0.25) is 0 Å². The van der Waals surface area contributed by atoms with Crippen LogP contribution in [0, 0.1) is 5.41 Å². The Kier molecular flexibility index (Phi) is 9.95. The molecule has 3 aliphatic rings. The molecule has 324 valence electrons. The van der Waals surface area contributed by atoms with Crippen LogP contribution in [0.2, 0.25) is 0 Å². The van der Waals surface area contributed by atoms with Crippen LogP contribution in [0.4, 0.5) is 34.1 Å². The van der Waals surface area contributed by atoms with Gasteiger partial charge in [0.1, 0.15) is 0 Å². The van der Waals surface area contributed by atoms with Crippen LogP contribution in [-0.4, -0.2) is 6.71 Å². The maximum absolute atomic E-state index is 2.70. The lowest BCUT2D eigenvalue weighted by Gasteiger charge is -2.45. The van der Waals surface area contributed by atoms with E-state index in [9.17, 15) is 0 Å². The monoisotopic (exact) mass is 831 g/mol. The Hall–Kier alpha value is -5.02. The van der Waals surface area contributed by atoms with Gasteiger partial charge in [0, 0.05) is 34.0 Å². The maximum Gasteiger partial charge on any atom is 0.252 e. The topological polar surface area (TPSA) is 6.48 Å². The van der Waals surface area contributed by atoms with Crippen molar-refractivity contribution in [2.24, 2.45) is 5.41 Å². The minimum atomic E-state index is -0.00975. The molecule has 0 atom stereocenters. The van der Waals surface area contributed by atoms with Crippen LogP contribution in [0.25, 0.3) is 11.1 Å². The minimum Gasteiger partial charge on any atom is -0.311 e. The molecule has 2 nitrogen and oxygen atoms in total. The summed E-state index contributed by atoms with van der Waals surface area (Å²) in [6.45, 7) is 37.6. The molecule has 0 unspecified atom stereocenters. The fourth-order valence-electron chi connectivity index (χ4n) is 10.6. The van der Waals surface area contributed by atoms with Crippen LogP contribution in [0.3, 0.4) is 0 Å². The summed E-state index contributed by atoms with van der Waals surface area (Å²) in [5, 5.41) is 0. The van der Waals surface area contributed by atoms with Crippen molar-refractivity contribution in [2.45, 2.75) is 151 Å². The van der Waals surface area contributed by atoms with E-state index in [0.29, 0.717) is 5.92 Å². The molecule has 2 aliphatic heterocycles. The first-order valence-electron chi connectivity index (χ1n) is 23.7. The number of benzene rings is 6. The van der Waals surface area contributed by atoms with E-state index in [0.717, 1.165) is 12.8 Å². The number of nitrogens with zero attached hydrogens (tertiary/aromatic N) is 2. The number of hydrogen-bond acceptors (Lipinski definition) is 2. The fraction of sp³-hybridized carbons (Fsp3) is 0.400. The molecule has 6 aromatic carbocycles. The van der Waals surface area contributed by atoms with Crippen molar-refractivity contribution in [3.05, 3.63) is 148 Å². The smallest absolute Gasteiger partial charge is 0.252 e. The fourth-order valence-corrected chi connectivity index (χ4v) is 10.6. The summed E-state index contributed by atoms with van der Waals surface area (Å²) in [6.07, 6.45) is 2.19. The second-order valence-electron chi connectivity index (χ2n) is 24.6. The van der Waals surface area contributed by atoms with Gasteiger partial charge in [-0.05, 0) is 155 Å². The van der Waals surface area contributed by atoms with Gasteiger partial charge in [-0.15, -0.1) is 0 Å². The zero-order valence-corrected chi connectivity index (χ0v) is 41.4. The average Bonchev–Trinajstić information content (AvgIpc) is 3.50. The molecule has 0 fully saturated rings. The Morgan fingerprint density at radius 2 is 0.921 bits per heavy atom. The minimum absolute atomic E-state index is 0.00342. The molecule has 0 radical (unpaired) electrons. The maximum atomic E-state index is 2.70. The highest BCUT2D eigenvalue weighted by molar-refractivity contribution is 7.00. The highest BCUT2D eigenvalue weighted by Crippen LogP contribution is 2.50. The first-order chi connectivity index (χ1) is 29.3. The molecular weight excluding hydrogens is 759 g/mol. The van der Waals surface area contributed by atoms with E-state index in [-0.39, 0.29) is 33.8 Å². The predicted molar refractivity (Wildman–Crippen MR) is 276 cm³/mol. The van der Waals surface area contributed by atoms with Gasteiger partial charge in [0.25, 0.3) is 6.71 Å². The number of fused-ring (bicyclic) bond motifs is 5. The normalized spacial score (nSPS) is 15.7. The summed E-state index contributed by atoms with van der Waals surface area (Å²) in [6, 6.07) is 44.0. The van der Waals surface area contributed by atoms with Crippen molar-refractivity contribution in [3.8, 4) is 11.1 Å². The van der Waals surface area contributed by atoms with Gasteiger partial charge in [0.05, 0.1) is 5.69 Å². The molecule has 9 rings (SSSR count). The first kappa shape index (κ1) is 43.2. The van der Waals surface area contributed by atoms with Gasteiger partial charge in [-0.25, -0.2) is 0 Å². The van der Waals surface area contributed by atoms with Gasteiger partial charge < -0.3 is 9.80 Å². The van der Waals surface area contributed by atoms with Gasteiger partial charge in [0.15, 0.2) is 0 Å².